The first-order chi connectivity index (χ1) is 11.5. The molecule has 5 nitrogen and oxygen atoms in total. The Kier molecular flexibility index (Phi) is 4.49. The molecule has 0 aliphatic rings. The molecule has 0 amide bonds. The Balaban J connectivity index is 2.11. The van der Waals surface area contributed by atoms with Gasteiger partial charge in [-0.25, -0.2) is 4.98 Å². The minimum absolute atomic E-state index is 0.136. The Morgan fingerprint density at radius 1 is 1.29 bits per heavy atom. The van der Waals surface area contributed by atoms with Crippen LogP contribution in [0.3, 0.4) is 0 Å². The van der Waals surface area contributed by atoms with E-state index in [0.29, 0.717) is 10.2 Å². The number of hydrogen-bond acceptors (Lipinski definition) is 5. The second-order valence-electron chi connectivity index (χ2n) is 5.80. The van der Waals surface area contributed by atoms with Crippen LogP contribution < -0.4 is 5.56 Å². The highest BCUT2D eigenvalue weighted by atomic mass is 32.1. The standard InChI is InChI=1S/C18H18N2O3S/c1-11(2)23-14(21)9-20-10-19-17-16(18(20)22)15(12(3)24-17)13-7-5-4-6-8-13/h4-8,10-11H,9H2,1-3H3. The van der Waals surface area contributed by atoms with E-state index < -0.39 is 5.97 Å². The zero-order valence-corrected chi connectivity index (χ0v) is 14.6. The number of nitrogens with zero attached hydrogens (tertiary/aromatic N) is 2. The van der Waals surface area contributed by atoms with Crippen LogP contribution in [0.15, 0.2) is 41.5 Å². The molecule has 0 fully saturated rings. The van der Waals surface area contributed by atoms with Crippen molar-refractivity contribution in [3.63, 3.8) is 0 Å². The third kappa shape index (κ3) is 3.10. The Morgan fingerprint density at radius 2 is 2.00 bits per heavy atom. The molecule has 3 aromatic rings. The molecule has 6 heteroatoms. The van der Waals surface area contributed by atoms with E-state index in [0.717, 1.165) is 16.0 Å². The summed E-state index contributed by atoms with van der Waals surface area (Å²) >= 11 is 1.49. The predicted molar refractivity (Wildman–Crippen MR) is 95.3 cm³/mol. The van der Waals surface area contributed by atoms with Crippen molar-refractivity contribution in [1.29, 1.82) is 0 Å². The van der Waals surface area contributed by atoms with Gasteiger partial charge in [0.25, 0.3) is 5.56 Å². The zero-order valence-electron chi connectivity index (χ0n) is 13.8. The SMILES string of the molecule is Cc1sc2ncn(CC(=O)OC(C)C)c(=O)c2c1-c1ccccc1. The molecule has 0 N–H and O–H groups in total. The van der Waals surface area contributed by atoms with Crippen LogP contribution in [0.2, 0.25) is 0 Å². The molecule has 0 aliphatic carbocycles. The fraction of sp³-hybridized carbons (Fsp3) is 0.278. The highest BCUT2D eigenvalue weighted by Crippen LogP contribution is 2.35. The number of ether oxygens (including phenoxy) is 1. The number of carbonyl (C=O) groups is 1. The molecule has 0 atom stereocenters. The van der Waals surface area contributed by atoms with Crippen molar-refractivity contribution < 1.29 is 9.53 Å². The van der Waals surface area contributed by atoms with Crippen LogP contribution in [0.4, 0.5) is 0 Å². The Hall–Kier alpha value is -2.47. The van der Waals surface area contributed by atoms with Gasteiger partial charge in [-0.3, -0.25) is 14.2 Å². The van der Waals surface area contributed by atoms with Crippen molar-refractivity contribution in [3.8, 4) is 11.1 Å². The molecular formula is C18H18N2O3S. The van der Waals surface area contributed by atoms with Gasteiger partial charge in [-0.05, 0) is 26.3 Å². The highest BCUT2D eigenvalue weighted by Gasteiger charge is 2.18. The van der Waals surface area contributed by atoms with Gasteiger partial charge in [0.1, 0.15) is 11.4 Å². The van der Waals surface area contributed by atoms with Crippen LogP contribution in [0.25, 0.3) is 21.3 Å². The van der Waals surface area contributed by atoms with Gasteiger partial charge in [-0.2, -0.15) is 0 Å². The van der Waals surface area contributed by atoms with Gasteiger partial charge in [-0.15, -0.1) is 11.3 Å². The highest BCUT2D eigenvalue weighted by molar-refractivity contribution is 7.19. The molecule has 0 radical (unpaired) electrons. The molecule has 1 aromatic carbocycles. The second-order valence-corrected chi connectivity index (χ2v) is 7.00. The Bertz CT molecular complexity index is 942. The van der Waals surface area contributed by atoms with Crippen LogP contribution >= 0.6 is 11.3 Å². The van der Waals surface area contributed by atoms with Crippen LogP contribution in [-0.2, 0) is 16.1 Å². The smallest absolute Gasteiger partial charge is 0.326 e. The number of hydrogen-bond donors (Lipinski definition) is 0. The zero-order chi connectivity index (χ0) is 17.3. The van der Waals surface area contributed by atoms with Crippen LogP contribution in [0.1, 0.15) is 18.7 Å². The predicted octanol–water partition coefficient (Wildman–Crippen LogP) is 3.39. The van der Waals surface area contributed by atoms with Crippen molar-refractivity contribution in [1.82, 2.24) is 9.55 Å². The van der Waals surface area contributed by atoms with E-state index in [1.165, 1.54) is 22.2 Å². The summed E-state index contributed by atoms with van der Waals surface area (Å²) in [7, 11) is 0. The molecule has 0 aliphatic heterocycles. The lowest BCUT2D eigenvalue weighted by molar-refractivity contribution is -0.148. The topological polar surface area (TPSA) is 61.2 Å². The maximum atomic E-state index is 12.9. The van der Waals surface area contributed by atoms with E-state index in [4.69, 9.17) is 4.74 Å². The first-order valence-corrected chi connectivity index (χ1v) is 8.52. The molecule has 3 rings (SSSR count). The third-order valence-corrected chi connectivity index (χ3v) is 4.60. The molecule has 0 saturated heterocycles. The van der Waals surface area contributed by atoms with Crippen LogP contribution in [-0.4, -0.2) is 21.6 Å². The fourth-order valence-corrected chi connectivity index (χ4v) is 3.65. The third-order valence-electron chi connectivity index (χ3n) is 3.58. The molecular weight excluding hydrogens is 324 g/mol. The lowest BCUT2D eigenvalue weighted by Gasteiger charge is -2.09. The minimum atomic E-state index is -0.443. The van der Waals surface area contributed by atoms with E-state index in [1.54, 1.807) is 13.8 Å². The number of rotatable bonds is 4. The number of fused-ring (bicyclic) bond motifs is 1. The minimum Gasteiger partial charge on any atom is -0.462 e. The number of esters is 1. The maximum absolute atomic E-state index is 12.9. The van der Waals surface area contributed by atoms with Gasteiger partial charge >= 0.3 is 5.97 Å². The first kappa shape index (κ1) is 16.4. The van der Waals surface area contributed by atoms with E-state index in [2.05, 4.69) is 4.98 Å². The van der Waals surface area contributed by atoms with Crippen molar-refractivity contribution >= 4 is 27.5 Å². The van der Waals surface area contributed by atoms with Crippen molar-refractivity contribution in [2.24, 2.45) is 0 Å². The fourth-order valence-electron chi connectivity index (χ4n) is 2.64. The summed E-state index contributed by atoms with van der Waals surface area (Å²) in [5.41, 5.74) is 1.64. The normalized spacial score (nSPS) is 11.2. The molecule has 0 spiro atoms. The first-order valence-electron chi connectivity index (χ1n) is 7.71. The van der Waals surface area contributed by atoms with Gasteiger partial charge in [-0.1, -0.05) is 30.3 Å². The number of benzene rings is 1. The maximum Gasteiger partial charge on any atom is 0.326 e. The second kappa shape index (κ2) is 6.57. The van der Waals surface area contributed by atoms with Gasteiger partial charge in [0.05, 0.1) is 17.8 Å². The molecule has 124 valence electrons. The molecule has 0 saturated carbocycles. The van der Waals surface area contributed by atoms with Crippen molar-refractivity contribution in [2.45, 2.75) is 33.4 Å². The van der Waals surface area contributed by atoms with Crippen molar-refractivity contribution in [3.05, 3.63) is 51.9 Å². The number of thiophene rings is 1. The van der Waals surface area contributed by atoms with Gasteiger partial charge in [0.2, 0.25) is 0 Å². The number of carbonyl (C=O) groups excluding carboxylic acids is 1. The molecule has 24 heavy (non-hydrogen) atoms. The van der Waals surface area contributed by atoms with Crippen molar-refractivity contribution in [2.75, 3.05) is 0 Å². The van der Waals surface area contributed by atoms with E-state index in [9.17, 15) is 9.59 Å². The van der Waals surface area contributed by atoms with Gasteiger partial charge in [0, 0.05) is 10.4 Å². The average molecular weight is 342 g/mol. The Labute approximate surface area is 143 Å². The lowest BCUT2D eigenvalue weighted by atomic mass is 10.0. The molecule has 0 unspecified atom stereocenters. The summed E-state index contributed by atoms with van der Waals surface area (Å²) in [6.45, 7) is 5.39. The monoisotopic (exact) mass is 342 g/mol. The van der Waals surface area contributed by atoms with Crippen LogP contribution in [0.5, 0.6) is 0 Å². The summed E-state index contributed by atoms with van der Waals surface area (Å²) in [5.74, 6) is -0.443. The lowest BCUT2D eigenvalue weighted by Crippen LogP contribution is -2.26. The van der Waals surface area contributed by atoms with E-state index in [-0.39, 0.29) is 18.2 Å². The number of aromatic nitrogens is 2. The summed E-state index contributed by atoms with van der Waals surface area (Å²) in [4.78, 5) is 30.8. The largest absolute Gasteiger partial charge is 0.462 e. The quantitative estimate of drug-likeness (QED) is 0.682. The summed E-state index contributed by atoms with van der Waals surface area (Å²) in [6, 6.07) is 9.75. The number of aryl methyl sites for hydroxylation is 1. The summed E-state index contributed by atoms with van der Waals surface area (Å²) in [6.07, 6.45) is 1.20. The van der Waals surface area contributed by atoms with E-state index >= 15 is 0 Å². The van der Waals surface area contributed by atoms with Gasteiger partial charge in [0.15, 0.2) is 0 Å². The van der Waals surface area contributed by atoms with E-state index in [1.807, 2.05) is 37.3 Å². The molecule has 0 bridgehead atoms. The van der Waals surface area contributed by atoms with Gasteiger partial charge < -0.3 is 4.74 Å². The average Bonchev–Trinajstić information content (AvgIpc) is 2.87. The van der Waals surface area contributed by atoms with Crippen LogP contribution in [0, 0.1) is 6.92 Å². The summed E-state index contributed by atoms with van der Waals surface area (Å²) < 4.78 is 6.43. The molecule has 2 aromatic heterocycles. The summed E-state index contributed by atoms with van der Waals surface area (Å²) in [5, 5.41) is 0.559. The molecule has 2 heterocycles. The Morgan fingerprint density at radius 3 is 2.67 bits per heavy atom.